The minimum absolute atomic E-state index is 0.0959. The molecule has 5 nitrogen and oxygen atoms in total. The molecule has 7 heteroatoms. The molecule has 0 aliphatic carbocycles. The van der Waals surface area contributed by atoms with Gasteiger partial charge in [0, 0.05) is 30.5 Å². The molecule has 0 unspecified atom stereocenters. The van der Waals surface area contributed by atoms with Crippen molar-refractivity contribution >= 4 is 21.2 Å². The average molecular weight is 257 g/mol. The zero-order valence-corrected chi connectivity index (χ0v) is 10.3. The van der Waals surface area contributed by atoms with E-state index >= 15 is 0 Å². The van der Waals surface area contributed by atoms with E-state index in [0.29, 0.717) is 12.4 Å². The second-order valence-electron chi connectivity index (χ2n) is 3.19. The Hall–Kier alpha value is -1.21. The molecule has 0 aliphatic rings. The molecule has 0 spiro atoms. The van der Waals surface area contributed by atoms with Crippen LogP contribution < -0.4 is 0 Å². The van der Waals surface area contributed by atoms with Gasteiger partial charge in [-0.15, -0.1) is 11.3 Å². The van der Waals surface area contributed by atoms with E-state index in [4.69, 9.17) is 0 Å². The molecular weight excluding hydrogens is 246 g/mol. The van der Waals surface area contributed by atoms with Gasteiger partial charge in [0.15, 0.2) is 0 Å². The molecule has 0 aromatic carbocycles. The maximum atomic E-state index is 11.9. The summed E-state index contributed by atoms with van der Waals surface area (Å²) in [6, 6.07) is 0. The van der Waals surface area contributed by atoms with Crippen LogP contribution in [0.1, 0.15) is 12.7 Å². The third-order valence-corrected chi connectivity index (χ3v) is 5.03. The second-order valence-corrected chi connectivity index (χ2v) is 6.24. The molecule has 2 aromatic rings. The molecule has 2 heterocycles. The number of rotatable bonds is 4. The number of aryl methyl sites for hydroxylation is 1. The first-order chi connectivity index (χ1) is 7.63. The van der Waals surface area contributed by atoms with Crippen molar-refractivity contribution in [2.24, 2.45) is 0 Å². The average Bonchev–Trinajstić information content (AvgIpc) is 2.86. The van der Waals surface area contributed by atoms with E-state index in [1.165, 1.54) is 6.20 Å². The Kier molecular flexibility index (Phi) is 3.06. The molecule has 2 aromatic heterocycles. The third kappa shape index (κ3) is 2.14. The minimum Gasteiger partial charge on any atom is -0.334 e. The number of imidazole rings is 1. The Morgan fingerprint density at radius 3 is 2.81 bits per heavy atom. The smallest absolute Gasteiger partial charge is 0.212 e. The van der Waals surface area contributed by atoms with E-state index in [-0.39, 0.29) is 10.1 Å². The Labute approximate surface area is 97.7 Å². The summed E-state index contributed by atoms with van der Waals surface area (Å²) in [4.78, 5) is 7.86. The molecule has 0 radical (unpaired) electrons. The highest BCUT2D eigenvalue weighted by Crippen LogP contribution is 2.17. The fourth-order valence-electron chi connectivity index (χ4n) is 1.36. The molecule has 0 bridgehead atoms. The maximum absolute atomic E-state index is 11.9. The Morgan fingerprint density at radius 2 is 2.19 bits per heavy atom. The number of nitrogens with zero attached hydrogens (tertiary/aromatic N) is 3. The van der Waals surface area contributed by atoms with Crippen LogP contribution in [0.15, 0.2) is 28.3 Å². The third-order valence-electron chi connectivity index (χ3n) is 2.14. The molecule has 0 fully saturated rings. The summed E-state index contributed by atoms with van der Waals surface area (Å²) in [6.07, 6.45) is 4.87. The van der Waals surface area contributed by atoms with Crippen molar-refractivity contribution in [2.75, 3.05) is 0 Å². The molecule has 0 saturated heterocycles. The van der Waals surface area contributed by atoms with Gasteiger partial charge in [-0.3, -0.25) is 0 Å². The van der Waals surface area contributed by atoms with Gasteiger partial charge in [-0.2, -0.15) is 0 Å². The predicted molar refractivity (Wildman–Crippen MR) is 60.9 cm³/mol. The predicted octanol–water partition coefficient (Wildman–Crippen LogP) is 1.33. The summed E-state index contributed by atoms with van der Waals surface area (Å²) in [5, 5.41) is 1.65. The van der Waals surface area contributed by atoms with Gasteiger partial charge >= 0.3 is 0 Å². The number of aromatic nitrogens is 3. The lowest BCUT2D eigenvalue weighted by molar-refractivity contribution is 0.590. The fraction of sp³-hybridized carbons (Fsp3) is 0.333. The zero-order chi connectivity index (χ0) is 11.6. The van der Waals surface area contributed by atoms with E-state index in [0.717, 1.165) is 11.3 Å². The maximum Gasteiger partial charge on any atom is 0.212 e. The van der Waals surface area contributed by atoms with E-state index in [2.05, 4.69) is 9.97 Å². The van der Waals surface area contributed by atoms with Crippen LogP contribution in [-0.4, -0.2) is 23.0 Å². The molecule has 0 atom stereocenters. The fourth-order valence-corrected chi connectivity index (χ4v) is 3.58. The summed E-state index contributed by atoms with van der Waals surface area (Å²) < 4.78 is 25.8. The second kappa shape index (κ2) is 4.34. The molecule has 86 valence electrons. The summed E-state index contributed by atoms with van der Waals surface area (Å²) >= 11 is 1.13. The van der Waals surface area contributed by atoms with Crippen LogP contribution in [-0.2, 0) is 22.1 Å². The summed E-state index contributed by atoms with van der Waals surface area (Å²) in [5.74, 6) is 0.458. The lowest BCUT2D eigenvalue weighted by atomic mass is 10.6. The summed E-state index contributed by atoms with van der Waals surface area (Å²) in [7, 11) is -3.35. The Bertz CT molecular complexity index is 557. The normalized spacial score (nSPS) is 11.8. The minimum atomic E-state index is -3.35. The van der Waals surface area contributed by atoms with Crippen molar-refractivity contribution in [3.05, 3.63) is 29.8 Å². The van der Waals surface area contributed by atoms with Crippen molar-refractivity contribution in [1.82, 2.24) is 14.5 Å². The van der Waals surface area contributed by atoms with Crippen LogP contribution >= 0.6 is 11.3 Å². The Balaban J connectivity index is 2.29. The molecule has 2 rings (SSSR count). The first-order valence-corrected chi connectivity index (χ1v) is 7.29. The van der Waals surface area contributed by atoms with Crippen LogP contribution in [0.2, 0.25) is 0 Å². The topological polar surface area (TPSA) is 64.8 Å². The van der Waals surface area contributed by atoms with Crippen molar-refractivity contribution in [3.8, 4) is 0 Å². The lowest BCUT2D eigenvalue weighted by Gasteiger charge is -2.03. The Morgan fingerprint density at radius 1 is 1.38 bits per heavy atom. The monoisotopic (exact) mass is 257 g/mol. The van der Waals surface area contributed by atoms with Crippen LogP contribution in [0.3, 0.4) is 0 Å². The number of thiazole rings is 1. The summed E-state index contributed by atoms with van der Waals surface area (Å²) in [6.45, 7) is 2.66. The molecule has 0 saturated carbocycles. The van der Waals surface area contributed by atoms with E-state index in [9.17, 15) is 8.42 Å². The van der Waals surface area contributed by atoms with Gasteiger partial charge in [0.05, 0.1) is 0 Å². The highest BCUT2D eigenvalue weighted by molar-refractivity contribution is 7.92. The van der Waals surface area contributed by atoms with Gasteiger partial charge in [0.25, 0.3) is 0 Å². The van der Waals surface area contributed by atoms with Crippen LogP contribution in [0, 0.1) is 0 Å². The largest absolute Gasteiger partial charge is 0.334 e. The van der Waals surface area contributed by atoms with Gasteiger partial charge in [0.1, 0.15) is 11.6 Å². The van der Waals surface area contributed by atoms with Gasteiger partial charge < -0.3 is 4.57 Å². The van der Waals surface area contributed by atoms with Gasteiger partial charge in [-0.1, -0.05) is 0 Å². The van der Waals surface area contributed by atoms with Gasteiger partial charge in [0.2, 0.25) is 14.2 Å². The number of hydrogen-bond donors (Lipinski definition) is 0. The van der Waals surface area contributed by atoms with E-state index in [1.54, 1.807) is 17.8 Å². The SMILES string of the molecule is CCn1ccnc1CS(=O)(=O)c1nccs1. The molecule has 16 heavy (non-hydrogen) atoms. The highest BCUT2D eigenvalue weighted by atomic mass is 32.2. The first-order valence-electron chi connectivity index (χ1n) is 4.75. The quantitative estimate of drug-likeness (QED) is 0.829. The molecule has 0 aliphatic heterocycles. The number of sulfone groups is 1. The van der Waals surface area contributed by atoms with E-state index in [1.807, 2.05) is 11.5 Å². The molecular formula is C9H11N3O2S2. The zero-order valence-electron chi connectivity index (χ0n) is 8.70. The van der Waals surface area contributed by atoms with E-state index < -0.39 is 9.84 Å². The van der Waals surface area contributed by atoms with Crippen molar-refractivity contribution < 1.29 is 8.42 Å². The van der Waals surface area contributed by atoms with Crippen molar-refractivity contribution in [2.45, 2.75) is 23.6 Å². The standard InChI is InChI=1S/C9H11N3O2S2/c1-2-12-5-3-10-8(12)7-16(13,14)9-11-4-6-15-9/h3-6H,2,7H2,1H3. The van der Waals surface area contributed by atoms with Gasteiger partial charge in [-0.25, -0.2) is 18.4 Å². The molecule has 0 amide bonds. The number of hydrogen-bond acceptors (Lipinski definition) is 5. The lowest BCUT2D eigenvalue weighted by Crippen LogP contribution is -2.10. The summed E-state index contributed by atoms with van der Waals surface area (Å²) in [5.41, 5.74) is 0. The molecule has 0 N–H and O–H groups in total. The van der Waals surface area contributed by atoms with Crippen molar-refractivity contribution in [3.63, 3.8) is 0 Å². The first kappa shape index (κ1) is 11.3. The van der Waals surface area contributed by atoms with Gasteiger partial charge in [-0.05, 0) is 6.92 Å². The van der Waals surface area contributed by atoms with Crippen LogP contribution in [0.4, 0.5) is 0 Å². The van der Waals surface area contributed by atoms with Crippen LogP contribution in [0.5, 0.6) is 0 Å². The highest BCUT2D eigenvalue weighted by Gasteiger charge is 2.20. The van der Waals surface area contributed by atoms with Crippen molar-refractivity contribution in [1.29, 1.82) is 0 Å². The van der Waals surface area contributed by atoms with Crippen LogP contribution in [0.25, 0.3) is 0 Å².